The van der Waals surface area contributed by atoms with Crippen molar-refractivity contribution >= 4 is 18.7 Å². The second-order valence-corrected chi connectivity index (χ2v) is 4.16. The predicted octanol–water partition coefficient (Wildman–Crippen LogP) is 2.20. The highest BCUT2D eigenvalue weighted by atomic mass is 16.6. The fourth-order valence-corrected chi connectivity index (χ4v) is 1.89. The Morgan fingerprint density at radius 2 is 2.38 bits per heavy atom. The molecule has 0 unspecified atom stereocenters. The van der Waals surface area contributed by atoms with Gasteiger partial charge in [0.25, 0.3) is 0 Å². The third-order valence-corrected chi connectivity index (χ3v) is 2.82. The van der Waals surface area contributed by atoms with Gasteiger partial charge < -0.3 is 16.0 Å². The lowest BCUT2D eigenvalue weighted by atomic mass is 9.98. The molecule has 0 fully saturated rings. The van der Waals surface area contributed by atoms with Gasteiger partial charge in [0.1, 0.15) is 12.0 Å². The molecule has 2 rings (SSSR count). The lowest BCUT2D eigenvalue weighted by Gasteiger charge is -2.13. The second-order valence-electron chi connectivity index (χ2n) is 4.16. The van der Waals surface area contributed by atoms with Gasteiger partial charge in [0.05, 0.1) is 0 Å². The molecular weight excluding hydrogens is 266 g/mol. The molecular formula is C15H15N5O. The molecule has 6 nitrogen and oxygen atoms in total. The Morgan fingerprint density at radius 1 is 1.52 bits per heavy atom. The van der Waals surface area contributed by atoms with Crippen LogP contribution in [0.25, 0.3) is 5.76 Å². The zero-order chi connectivity index (χ0) is 15.1. The number of allylic oxidation sites excluding steroid dienone is 5. The van der Waals surface area contributed by atoms with Gasteiger partial charge in [-0.3, -0.25) is 0 Å². The minimum Gasteiger partial charge on any atom is -0.398 e. The largest absolute Gasteiger partial charge is 0.398 e. The lowest BCUT2D eigenvalue weighted by Crippen LogP contribution is -2.04. The fraction of sp³-hybridized carbons (Fsp3) is 0.0667. The first-order valence-corrected chi connectivity index (χ1v) is 6.23. The highest BCUT2D eigenvalue weighted by molar-refractivity contribution is 5.72. The maximum Gasteiger partial charge on any atom is 0.187 e. The molecule has 0 amide bonds. The van der Waals surface area contributed by atoms with Crippen LogP contribution in [-0.2, 0) is 4.84 Å². The van der Waals surface area contributed by atoms with Crippen molar-refractivity contribution in [2.75, 3.05) is 0 Å². The summed E-state index contributed by atoms with van der Waals surface area (Å²) in [6.45, 7) is 3.35. The monoisotopic (exact) mass is 281 g/mol. The van der Waals surface area contributed by atoms with Crippen LogP contribution in [0, 0.1) is 5.41 Å². The number of aromatic nitrogens is 2. The van der Waals surface area contributed by atoms with Crippen LogP contribution in [0.2, 0.25) is 0 Å². The van der Waals surface area contributed by atoms with E-state index >= 15 is 0 Å². The molecule has 0 aromatic carbocycles. The van der Waals surface area contributed by atoms with E-state index < -0.39 is 0 Å². The van der Waals surface area contributed by atoms with Crippen molar-refractivity contribution in [1.82, 2.24) is 9.97 Å². The van der Waals surface area contributed by atoms with Crippen LogP contribution in [0.15, 0.2) is 64.9 Å². The van der Waals surface area contributed by atoms with E-state index in [9.17, 15) is 0 Å². The van der Waals surface area contributed by atoms with Crippen LogP contribution < -0.4 is 5.73 Å². The van der Waals surface area contributed by atoms with Gasteiger partial charge in [-0.15, -0.1) is 0 Å². The summed E-state index contributed by atoms with van der Waals surface area (Å²) in [5.41, 5.74) is 8.70. The number of rotatable bonds is 5. The Hall–Kier alpha value is -3.02. The Bertz CT molecular complexity index is 656. The van der Waals surface area contributed by atoms with Crippen LogP contribution in [0.5, 0.6) is 0 Å². The van der Waals surface area contributed by atoms with Crippen LogP contribution in [0.1, 0.15) is 12.1 Å². The first kappa shape index (κ1) is 14.4. The maximum atomic E-state index is 7.08. The molecule has 1 aliphatic rings. The summed E-state index contributed by atoms with van der Waals surface area (Å²) in [6, 6.07) is 1.73. The molecule has 1 aromatic rings. The molecule has 0 spiro atoms. The molecule has 0 bridgehead atoms. The molecule has 1 aromatic heterocycles. The number of nitrogens with one attached hydrogen (secondary N) is 1. The summed E-state index contributed by atoms with van der Waals surface area (Å²) in [5, 5.41) is 10.6. The van der Waals surface area contributed by atoms with E-state index in [2.05, 4.69) is 21.8 Å². The van der Waals surface area contributed by atoms with Gasteiger partial charge in [-0.2, -0.15) is 0 Å². The van der Waals surface area contributed by atoms with Crippen molar-refractivity contribution in [3.05, 3.63) is 65.4 Å². The number of nitrogens with zero attached hydrogens (tertiary/aromatic N) is 3. The van der Waals surface area contributed by atoms with Crippen molar-refractivity contribution < 1.29 is 4.84 Å². The van der Waals surface area contributed by atoms with Crippen LogP contribution in [-0.4, -0.2) is 22.9 Å². The molecule has 1 heterocycles. The van der Waals surface area contributed by atoms with Crippen LogP contribution in [0.4, 0.5) is 0 Å². The summed E-state index contributed by atoms with van der Waals surface area (Å²) in [6.07, 6.45) is 12.1. The van der Waals surface area contributed by atoms with Crippen molar-refractivity contribution in [2.24, 2.45) is 10.9 Å². The SMILES string of the molecule is C=NO/C(=C1/C=C(C(N)=CC=N)C=CC1)c1ccncn1. The lowest BCUT2D eigenvalue weighted by molar-refractivity contribution is 0.298. The van der Waals surface area contributed by atoms with E-state index in [4.69, 9.17) is 16.0 Å². The van der Waals surface area contributed by atoms with Gasteiger partial charge in [0, 0.05) is 30.4 Å². The number of oxime groups is 1. The molecule has 6 heteroatoms. The zero-order valence-electron chi connectivity index (χ0n) is 11.4. The Morgan fingerprint density at radius 3 is 3.05 bits per heavy atom. The number of nitrogens with two attached hydrogens (primary N) is 1. The molecule has 1 aliphatic carbocycles. The number of hydrogen-bond donors (Lipinski definition) is 2. The maximum absolute atomic E-state index is 7.08. The van der Waals surface area contributed by atoms with Crippen molar-refractivity contribution in [1.29, 1.82) is 5.41 Å². The molecule has 0 atom stereocenters. The van der Waals surface area contributed by atoms with Gasteiger partial charge in [-0.1, -0.05) is 17.3 Å². The molecule has 0 aliphatic heterocycles. The highest BCUT2D eigenvalue weighted by Crippen LogP contribution is 2.27. The van der Waals surface area contributed by atoms with Gasteiger partial charge in [-0.25, -0.2) is 9.97 Å². The summed E-state index contributed by atoms with van der Waals surface area (Å²) in [5.74, 6) is 0.511. The zero-order valence-corrected chi connectivity index (χ0v) is 11.4. The summed E-state index contributed by atoms with van der Waals surface area (Å²) >= 11 is 0. The first-order valence-electron chi connectivity index (χ1n) is 6.23. The van der Waals surface area contributed by atoms with E-state index in [-0.39, 0.29) is 0 Å². The molecule has 106 valence electrons. The third kappa shape index (κ3) is 3.50. The Balaban J connectivity index is 2.48. The van der Waals surface area contributed by atoms with Gasteiger partial charge in [0.2, 0.25) is 0 Å². The molecule has 0 saturated carbocycles. The standard InChI is InChI=1S/C15H15N5O/c1-18-21-15(14-6-8-19-10-20-14)12-4-2-3-11(9-12)13(17)5-7-16/h2-3,5-10,16H,1,4,17H2/b13-5?,15-12+,16-7?. The predicted molar refractivity (Wildman–Crippen MR) is 82.5 cm³/mol. The number of hydrogen-bond acceptors (Lipinski definition) is 6. The Kier molecular flexibility index (Phi) is 4.76. The normalized spacial score (nSPS) is 17.0. The van der Waals surface area contributed by atoms with E-state index in [0.29, 0.717) is 23.6 Å². The van der Waals surface area contributed by atoms with Gasteiger partial charge in [-0.05, 0) is 30.2 Å². The van der Waals surface area contributed by atoms with E-state index in [1.165, 1.54) is 12.4 Å². The van der Waals surface area contributed by atoms with E-state index in [0.717, 1.165) is 17.4 Å². The average Bonchev–Trinajstić information content (AvgIpc) is 2.54. The van der Waals surface area contributed by atoms with Crippen LogP contribution in [0.3, 0.4) is 0 Å². The Labute approximate surface area is 122 Å². The quantitative estimate of drug-likeness (QED) is 0.491. The van der Waals surface area contributed by atoms with Crippen molar-refractivity contribution in [3.63, 3.8) is 0 Å². The van der Waals surface area contributed by atoms with Crippen LogP contribution >= 0.6 is 0 Å². The van der Waals surface area contributed by atoms with Gasteiger partial charge in [0.15, 0.2) is 5.76 Å². The van der Waals surface area contributed by atoms with E-state index in [1.807, 2.05) is 18.2 Å². The topological polar surface area (TPSA) is 97.2 Å². The highest BCUT2D eigenvalue weighted by Gasteiger charge is 2.14. The van der Waals surface area contributed by atoms with Crippen molar-refractivity contribution in [2.45, 2.75) is 6.42 Å². The average molecular weight is 281 g/mol. The third-order valence-electron chi connectivity index (χ3n) is 2.82. The summed E-state index contributed by atoms with van der Waals surface area (Å²) in [7, 11) is 0. The summed E-state index contributed by atoms with van der Waals surface area (Å²) in [4.78, 5) is 13.3. The smallest absolute Gasteiger partial charge is 0.187 e. The molecule has 0 radical (unpaired) electrons. The van der Waals surface area contributed by atoms with E-state index in [1.54, 1.807) is 12.3 Å². The minimum atomic E-state index is 0.507. The summed E-state index contributed by atoms with van der Waals surface area (Å²) < 4.78 is 0. The fourth-order valence-electron chi connectivity index (χ4n) is 1.89. The minimum absolute atomic E-state index is 0.507. The molecule has 0 saturated heterocycles. The molecule has 3 N–H and O–H groups in total. The van der Waals surface area contributed by atoms with Crippen molar-refractivity contribution in [3.8, 4) is 0 Å². The first-order chi connectivity index (χ1) is 10.3. The molecule has 21 heavy (non-hydrogen) atoms. The second kappa shape index (κ2) is 6.95. The van der Waals surface area contributed by atoms with Gasteiger partial charge >= 0.3 is 0 Å².